The van der Waals surface area contributed by atoms with Gasteiger partial charge in [0.2, 0.25) is 0 Å². The molecule has 0 aromatic heterocycles. The van der Waals surface area contributed by atoms with E-state index in [1.54, 1.807) is 0 Å². The molecule has 6 heteroatoms. The van der Waals surface area contributed by atoms with Crippen LogP contribution in [0.1, 0.15) is 84.1 Å². The fourth-order valence-electron chi connectivity index (χ4n) is 3.04. The van der Waals surface area contributed by atoms with Gasteiger partial charge in [-0.3, -0.25) is 5.32 Å². The van der Waals surface area contributed by atoms with Crippen molar-refractivity contribution in [3.05, 3.63) is 29.8 Å². The average Bonchev–Trinajstić information content (AvgIpc) is 2.63. The predicted molar refractivity (Wildman–Crippen MR) is 107 cm³/mol. The van der Waals surface area contributed by atoms with Crippen LogP contribution in [0.25, 0.3) is 0 Å². The first kappa shape index (κ1) is 24.3. The van der Waals surface area contributed by atoms with Crippen molar-refractivity contribution in [2.75, 3.05) is 5.32 Å². The quantitative estimate of drug-likeness (QED) is 0.363. The van der Waals surface area contributed by atoms with Crippen molar-refractivity contribution in [1.29, 1.82) is 0 Å². The first-order chi connectivity index (χ1) is 13.2. The summed E-state index contributed by atoms with van der Waals surface area (Å²) in [7, 11) is 0. The summed E-state index contributed by atoms with van der Waals surface area (Å²) in [5, 5.41) is 2.38. The maximum Gasteiger partial charge on any atom is 0.416 e. The first-order valence-electron chi connectivity index (χ1n) is 10.4. The minimum atomic E-state index is -4.45. The summed E-state index contributed by atoms with van der Waals surface area (Å²) in [5.41, 5.74) is -0.732. The molecule has 2 unspecified atom stereocenters. The maximum absolute atomic E-state index is 12.7. The van der Waals surface area contributed by atoms with Gasteiger partial charge in [0.25, 0.3) is 0 Å². The zero-order chi connectivity index (χ0) is 21.0. The summed E-state index contributed by atoms with van der Waals surface area (Å²) >= 11 is 0. The van der Waals surface area contributed by atoms with Crippen molar-refractivity contribution in [1.82, 2.24) is 0 Å². The van der Waals surface area contributed by atoms with Crippen molar-refractivity contribution >= 4 is 11.8 Å². The molecule has 1 N–H and O–H groups in total. The summed E-state index contributed by atoms with van der Waals surface area (Å²) in [4.78, 5) is 12.0. The Morgan fingerprint density at radius 2 is 1.64 bits per heavy atom. The van der Waals surface area contributed by atoms with Crippen LogP contribution in [0.4, 0.5) is 23.7 Å². The lowest BCUT2D eigenvalue weighted by Gasteiger charge is -2.20. The van der Waals surface area contributed by atoms with Crippen molar-refractivity contribution < 1.29 is 22.7 Å². The number of anilines is 1. The molecule has 3 nitrogen and oxygen atoms in total. The molecule has 0 aliphatic carbocycles. The number of alkyl halides is 3. The molecule has 1 aromatic rings. The Bertz CT molecular complexity index is 575. The van der Waals surface area contributed by atoms with Crippen LogP contribution in [0.3, 0.4) is 0 Å². The van der Waals surface area contributed by atoms with Gasteiger partial charge < -0.3 is 4.74 Å². The van der Waals surface area contributed by atoms with Gasteiger partial charge in [0.05, 0.1) is 5.56 Å². The fourth-order valence-corrected chi connectivity index (χ4v) is 3.04. The van der Waals surface area contributed by atoms with Crippen LogP contribution in [0.15, 0.2) is 24.3 Å². The molecule has 0 spiro atoms. The summed E-state index contributed by atoms with van der Waals surface area (Å²) in [6, 6.07) is 4.53. The van der Waals surface area contributed by atoms with E-state index in [-0.39, 0.29) is 17.7 Å². The van der Waals surface area contributed by atoms with Crippen molar-refractivity contribution in [2.24, 2.45) is 5.92 Å². The van der Waals surface area contributed by atoms with Crippen LogP contribution >= 0.6 is 0 Å². The zero-order valence-corrected chi connectivity index (χ0v) is 17.3. The Balaban J connectivity index is 2.28. The summed E-state index contributed by atoms with van der Waals surface area (Å²) in [6.07, 6.45) is 5.48. The molecule has 1 rings (SSSR count). The third-order valence-corrected chi connectivity index (χ3v) is 5.04. The highest BCUT2D eigenvalue weighted by Gasteiger charge is 2.30. The van der Waals surface area contributed by atoms with Gasteiger partial charge in [-0.2, -0.15) is 13.2 Å². The van der Waals surface area contributed by atoms with E-state index in [1.807, 2.05) is 13.8 Å². The van der Waals surface area contributed by atoms with Gasteiger partial charge in [0.1, 0.15) is 6.10 Å². The molecular weight excluding hydrogens is 367 g/mol. The maximum atomic E-state index is 12.7. The highest BCUT2D eigenvalue weighted by Crippen LogP contribution is 2.30. The lowest BCUT2D eigenvalue weighted by molar-refractivity contribution is -0.137. The van der Waals surface area contributed by atoms with E-state index in [0.717, 1.165) is 25.0 Å². The minimum Gasteiger partial charge on any atom is -0.446 e. The standard InChI is InChI=1S/C22H34F3NO2/c1-4-5-6-7-8-9-10-11-13-17(2)18(3)28-21(27)26-20-15-12-14-19(16-20)22(23,24)25/h12,14-18H,4-11,13H2,1-3H3,(H,26,27). The van der Waals surface area contributed by atoms with E-state index in [0.29, 0.717) is 0 Å². The van der Waals surface area contributed by atoms with E-state index in [1.165, 1.54) is 57.1 Å². The van der Waals surface area contributed by atoms with Gasteiger partial charge >= 0.3 is 12.3 Å². The minimum absolute atomic E-state index is 0.0720. The molecule has 0 radical (unpaired) electrons. The van der Waals surface area contributed by atoms with E-state index in [4.69, 9.17) is 4.74 Å². The molecule has 0 aliphatic heterocycles. The third kappa shape index (κ3) is 10.00. The predicted octanol–water partition coefficient (Wildman–Crippen LogP) is 7.81. The van der Waals surface area contributed by atoms with Gasteiger partial charge in [-0.25, -0.2) is 4.79 Å². The van der Waals surface area contributed by atoms with E-state index < -0.39 is 17.8 Å². The van der Waals surface area contributed by atoms with E-state index in [2.05, 4.69) is 12.2 Å². The number of hydrogen-bond acceptors (Lipinski definition) is 2. The number of hydrogen-bond donors (Lipinski definition) is 1. The molecule has 0 fully saturated rings. The van der Waals surface area contributed by atoms with Crippen molar-refractivity contribution in [2.45, 2.75) is 90.8 Å². The number of ether oxygens (including phenoxy) is 1. The smallest absolute Gasteiger partial charge is 0.416 e. The van der Waals surface area contributed by atoms with E-state index >= 15 is 0 Å². The van der Waals surface area contributed by atoms with Gasteiger partial charge in [0, 0.05) is 5.69 Å². The summed E-state index contributed by atoms with van der Waals surface area (Å²) in [6.45, 7) is 6.06. The molecule has 1 amide bonds. The number of unbranched alkanes of at least 4 members (excludes halogenated alkanes) is 7. The zero-order valence-electron chi connectivity index (χ0n) is 17.3. The number of halogens is 3. The van der Waals surface area contributed by atoms with Crippen LogP contribution in [-0.4, -0.2) is 12.2 Å². The fraction of sp³-hybridized carbons (Fsp3) is 0.682. The lowest BCUT2D eigenvalue weighted by atomic mass is 9.97. The Morgan fingerprint density at radius 1 is 1.04 bits per heavy atom. The van der Waals surface area contributed by atoms with Crippen LogP contribution < -0.4 is 5.32 Å². The molecule has 28 heavy (non-hydrogen) atoms. The van der Waals surface area contributed by atoms with Crippen molar-refractivity contribution in [3.63, 3.8) is 0 Å². The van der Waals surface area contributed by atoms with Gasteiger partial charge in [0.15, 0.2) is 0 Å². The number of amides is 1. The van der Waals surface area contributed by atoms with Crippen LogP contribution in [-0.2, 0) is 10.9 Å². The number of rotatable bonds is 12. The number of benzene rings is 1. The molecule has 0 bridgehead atoms. The monoisotopic (exact) mass is 401 g/mol. The highest BCUT2D eigenvalue weighted by molar-refractivity contribution is 5.84. The van der Waals surface area contributed by atoms with Gasteiger partial charge in [-0.05, 0) is 37.5 Å². The second-order valence-corrected chi connectivity index (χ2v) is 7.55. The number of nitrogens with one attached hydrogen (secondary N) is 1. The number of carbonyl (C=O) groups excluding carboxylic acids is 1. The lowest BCUT2D eigenvalue weighted by Crippen LogP contribution is -2.25. The highest BCUT2D eigenvalue weighted by atomic mass is 19.4. The molecular formula is C22H34F3NO2. The first-order valence-corrected chi connectivity index (χ1v) is 10.4. The second-order valence-electron chi connectivity index (χ2n) is 7.55. The van der Waals surface area contributed by atoms with Gasteiger partial charge in [-0.1, -0.05) is 71.3 Å². The topological polar surface area (TPSA) is 38.3 Å². The molecule has 0 saturated carbocycles. The summed E-state index contributed by atoms with van der Waals surface area (Å²) < 4.78 is 43.5. The molecule has 2 atom stereocenters. The number of carbonyl (C=O) groups is 1. The van der Waals surface area contributed by atoms with Crippen LogP contribution in [0, 0.1) is 5.92 Å². The molecule has 0 heterocycles. The van der Waals surface area contributed by atoms with Gasteiger partial charge in [-0.15, -0.1) is 0 Å². The largest absolute Gasteiger partial charge is 0.446 e. The Hall–Kier alpha value is -1.72. The molecule has 1 aromatic carbocycles. The Kier molecular flexibility index (Phi) is 11.0. The third-order valence-electron chi connectivity index (χ3n) is 5.04. The second kappa shape index (κ2) is 12.7. The average molecular weight is 402 g/mol. The normalized spacial score (nSPS) is 13.8. The Labute approximate surface area is 167 Å². The van der Waals surface area contributed by atoms with E-state index in [9.17, 15) is 18.0 Å². The summed E-state index contributed by atoms with van der Waals surface area (Å²) in [5.74, 6) is 0.201. The van der Waals surface area contributed by atoms with Crippen LogP contribution in [0.5, 0.6) is 0 Å². The molecule has 160 valence electrons. The molecule has 0 saturated heterocycles. The van der Waals surface area contributed by atoms with Crippen LogP contribution in [0.2, 0.25) is 0 Å². The molecule has 0 aliphatic rings. The van der Waals surface area contributed by atoms with Crippen molar-refractivity contribution in [3.8, 4) is 0 Å². The Morgan fingerprint density at radius 3 is 2.25 bits per heavy atom. The SMILES string of the molecule is CCCCCCCCCCC(C)C(C)OC(=O)Nc1cccc(C(F)(F)F)c1.